The van der Waals surface area contributed by atoms with E-state index in [1.807, 2.05) is 0 Å². The monoisotopic (exact) mass is 249 g/mol. The smallest absolute Gasteiger partial charge is 0.108 e. The molecule has 3 nitrogen and oxygen atoms in total. The van der Waals surface area contributed by atoms with Crippen LogP contribution in [0.3, 0.4) is 0 Å². The summed E-state index contributed by atoms with van der Waals surface area (Å²) in [6.45, 7) is 4.27. The van der Waals surface area contributed by atoms with Gasteiger partial charge in [0.25, 0.3) is 0 Å². The minimum atomic E-state index is -0.283. The fourth-order valence-corrected chi connectivity index (χ4v) is 3.50. The zero-order valence-electron chi connectivity index (χ0n) is 12.1. The molecule has 0 spiro atoms. The van der Waals surface area contributed by atoms with E-state index in [1.54, 1.807) is 0 Å². The van der Waals surface area contributed by atoms with Crippen molar-refractivity contribution in [1.29, 1.82) is 5.26 Å². The first kappa shape index (κ1) is 13.8. The molecule has 3 heteroatoms. The van der Waals surface area contributed by atoms with Crippen LogP contribution in [0.25, 0.3) is 0 Å². The fraction of sp³-hybridized carbons (Fsp3) is 0.933. The van der Waals surface area contributed by atoms with Gasteiger partial charge in [-0.25, -0.2) is 0 Å². The standard InChI is InChI=1S/C15H27N3/c1-12(2)17-15(11-16)9-5-8-14(10-15)18(3)13-6-4-7-13/h12-14,17H,4-10H2,1-3H3. The zero-order chi connectivity index (χ0) is 13.2. The van der Waals surface area contributed by atoms with Crippen LogP contribution in [-0.2, 0) is 0 Å². The molecule has 0 saturated heterocycles. The van der Waals surface area contributed by atoms with Crippen LogP contribution in [0, 0.1) is 11.3 Å². The Hall–Kier alpha value is -0.590. The Morgan fingerprint density at radius 1 is 1.22 bits per heavy atom. The largest absolute Gasteiger partial charge is 0.300 e. The lowest BCUT2D eigenvalue weighted by Gasteiger charge is -2.46. The molecule has 2 atom stereocenters. The lowest BCUT2D eigenvalue weighted by atomic mass is 9.77. The Labute approximate surface area is 112 Å². The van der Waals surface area contributed by atoms with Crippen molar-refractivity contribution in [2.75, 3.05) is 7.05 Å². The Kier molecular flexibility index (Phi) is 4.29. The van der Waals surface area contributed by atoms with Crippen LogP contribution in [0.4, 0.5) is 0 Å². The molecule has 0 radical (unpaired) electrons. The van der Waals surface area contributed by atoms with Gasteiger partial charge in [-0.1, -0.05) is 6.42 Å². The first-order chi connectivity index (χ1) is 8.56. The SMILES string of the molecule is CC(C)NC1(C#N)CCCC(N(C)C2CCC2)C1. The van der Waals surface area contributed by atoms with E-state index >= 15 is 0 Å². The van der Waals surface area contributed by atoms with Crippen molar-refractivity contribution >= 4 is 0 Å². The van der Waals surface area contributed by atoms with Crippen LogP contribution in [0.5, 0.6) is 0 Å². The lowest BCUT2D eigenvalue weighted by molar-refractivity contribution is 0.0662. The summed E-state index contributed by atoms with van der Waals surface area (Å²) >= 11 is 0. The van der Waals surface area contributed by atoms with E-state index in [9.17, 15) is 5.26 Å². The summed E-state index contributed by atoms with van der Waals surface area (Å²) in [5, 5.41) is 13.1. The van der Waals surface area contributed by atoms with Crippen LogP contribution >= 0.6 is 0 Å². The molecule has 2 aliphatic carbocycles. The highest BCUT2D eigenvalue weighted by Gasteiger charge is 2.40. The van der Waals surface area contributed by atoms with Gasteiger partial charge < -0.3 is 4.90 Å². The molecule has 102 valence electrons. The summed E-state index contributed by atoms with van der Waals surface area (Å²) in [5.74, 6) is 0. The summed E-state index contributed by atoms with van der Waals surface area (Å²) in [6, 6.07) is 4.33. The Bertz CT molecular complexity index is 316. The number of hydrogen-bond donors (Lipinski definition) is 1. The molecule has 0 aromatic rings. The third-order valence-corrected chi connectivity index (χ3v) is 4.73. The third kappa shape index (κ3) is 2.87. The summed E-state index contributed by atoms with van der Waals surface area (Å²) in [4.78, 5) is 2.55. The second-order valence-electron chi connectivity index (χ2n) is 6.49. The number of hydrogen-bond acceptors (Lipinski definition) is 3. The van der Waals surface area contributed by atoms with Gasteiger partial charge in [-0.05, 0) is 59.4 Å². The molecule has 2 rings (SSSR count). The van der Waals surface area contributed by atoms with E-state index in [0.717, 1.165) is 18.9 Å². The molecule has 0 aromatic carbocycles. The fourth-order valence-electron chi connectivity index (χ4n) is 3.50. The van der Waals surface area contributed by atoms with E-state index in [1.165, 1.54) is 32.1 Å². The third-order valence-electron chi connectivity index (χ3n) is 4.73. The van der Waals surface area contributed by atoms with Crippen molar-refractivity contribution in [2.24, 2.45) is 0 Å². The molecule has 1 N–H and O–H groups in total. The van der Waals surface area contributed by atoms with Crippen LogP contribution in [0.1, 0.15) is 58.8 Å². The number of nitrogens with zero attached hydrogens (tertiary/aromatic N) is 2. The topological polar surface area (TPSA) is 39.1 Å². The molecule has 0 bridgehead atoms. The predicted molar refractivity (Wildman–Crippen MR) is 74.3 cm³/mol. The van der Waals surface area contributed by atoms with Crippen molar-refractivity contribution in [1.82, 2.24) is 10.2 Å². The van der Waals surface area contributed by atoms with Crippen molar-refractivity contribution in [3.05, 3.63) is 0 Å². The van der Waals surface area contributed by atoms with E-state index in [2.05, 4.69) is 37.2 Å². The zero-order valence-corrected chi connectivity index (χ0v) is 12.1. The lowest BCUT2D eigenvalue weighted by Crippen LogP contribution is -2.56. The Morgan fingerprint density at radius 2 is 1.89 bits per heavy atom. The number of nitriles is 1. The molecule has 2 unspecified atom stereocenters. The van der Waals surface area contributed by atoms with Crippen LogP contribution in [0.2, 0.25) is 0 Å². The Balaban J connectivity index is 1.99. The maximum Gasteiger partial charge on any atom is 0.108 e. The predicted octanol–water partition coefficient (Wildman–Crippen LogP) is 2.67. The first-order valence-corrected chi connectivity index (χ1v) is 7.47. The molecule has 0 aromatic heterocycles. The number of rotatable bonds is 4. The van der Waals surface area contributed by atoms with Crippen LogP contribution in [0.15, 0.2) is 0 Å². The van der Waals surface area contributed by atoms with Crippen LogP contribution < -0.4 is 5.32 Å². The second-order valence-corrected chi connectivity index (χ2v) is 6.49. The maximum atomic E-state index is 9.57. The highest BCUT2D eigenvalue weighted by Crippen LogP contribution is 2.34. The minimum absolute atomic E-state index is 0.283. The summed E-state index contributed by atoms with van der Waals surface area (Å²) in [6.07, 6.45) is 8.53. The second kappa shape index (κ2) is 5.59. The van der Waals surface area contributed by atoms with Gasteiger partial charge in [0.05, 0.1) is 6.07 Å². The minimum Gasteiger partial charge on any atom is -0.300 e. The molecule has 0 heterocycles. The van der Waals surface area contributed by atoms with E-state index < -0.39 is 0 Å². The first-order valence-electron chi connectivity index (χ1n) is 7.47. The average Bonchev–Trinajstić information content (AvgIpc) is 2.26. The van der Waals surface area contributed by atoms with Gasteiger partial charge in [0.15, 0.2) is 0 Å². The normalized spacial score (nSPS) is 33.4. The van der Waals surface area contributed by atoms with Gasteiger partial charge >= 0.3 is 0 Å². The molecule has 2 aliphatic rings. The van der Waals surface area contributed by atoms with E-state index in [0.29, 0.717) is 12.1 Å². The van der Waals surface area contributed by atoms with Crippen molar-refractivity contribution in [3.8, 4) is 6.07 Å². The average molecular weight is 249 g/mol. The van der Waals surface area contributed by atoms with E-state index in [4.69, 9.17) is 0 Å². The van der Waals surface area contributed by atoms with Crippen molar-refractivity contribution in [2.45, 2.75) is 82.5 Å². The highest BCUT2D eigenvalue weighted by atomic mass is 15.2. The molecule has 0 aliphatic heterocycles. The number of nitrogens with one attached hydrogen (secondary N) is 1. The molecule has 0 amide bonds. The van der Waals surface area contributed by atoms with Gasteiger partial charge in [-0.15, -0.1) is 0 Å². The van der Waals surface area contributed by atoms with Gasteiger partial charge in [-0.2, -0.15) is 5.26 Å². The van der Waals surface area contributed by atoms with Crippen molar-refractivity contribution in [3.63, 3.8) is 0 Å². The maximum absolute atomic E-state index is 9.57. The van der Waals surface area contributed by atoms with Gasteiger partial charge in [0, 0.05) is 18.1 Å². The molecule has 2 saturated carbocycles. The summed E-state index contributed by atoms with van der Waals surface area (Å²) in [5.41, 5.74) is -0.283. The molecular formula is C15H27N3. The summed E-state index contributed by atoms with van der Waals surface area (Å²) < 4.78 is 0. The molecular weight excluding hydrogens is 222 g/mol. The van der Waals surface area contributed by atoms with E-state index in [-0.39, 0.29) is 5.54 Å². The van der Waals surface area contributed by atoms with Gasteiger partial charge in [0.2, 0.25) is 0 Å². The van der Waals surface area contributed by atoms with Crippen LogP contribution in [-0.4, -0.2) is 35.6 Å². The molecule has 2 fully saturated rings. The van der Waals surface area contributed by atoms with Gasteiger partial charge in [0.1, 0.15) is 5.54 Å². The molecule has 18 heavy (non-hydrogen) atoms. The van der Waals surface area contributed by atoms with Crippen molar-refractivity contribution < 1.29 is 0 Å². The quantitative estimate of drug-likeness (QED) is 0.832. The summed E-state index contributed by atoms with van der Waals surface area (Å²) in [7, 11) is 2.26. The highest BCUT2D eigenvalue weighted by molar-refractivity contribution is 5.12. The Morgan fingerprint density at radius 3 is 2.39 bits per heavy atom. The van der Waals surface area contributed by atoms with Gasteiger partial charge in [-0.3, -0.25) is 5.32 Å².